The number of aromatic nitrogens is 6. The van der Waals surface area contributed by atoms with Crippen LogP contribution in [0.25, 0.3) is 22.6 Å². The molecule has 0 amide bonds. The first-order valence-electron chi connectivity index (χ1n) is 11.4. The third-order valence-corrected chi connectivity index (χ3v) is 7.73. The lowest BCUT2D eigenvalue weighted by atomic mass is 9.79. The third-order valence-electron chi connectivity index (χ3n) is 6.95. The minimum absolute atomic E-state index is 0.173. The van der Waals surface area contributed by atoms with Gasteiger partial charge >= 0.3 is 0 Å². The van der Waals surface area contributed by atoms with Crippen LogP contribution < -0.4 is 0 Å². The summed E-state index contributed by atoms with van der Waals surface area (Å²) in [6.45, 7) is 0. The van der Waals surface area contributed by atoms with Gasteiger partial charge in [-0.05, 0) is 55.0 Å². The Labute approximate surface area is 205 Å². The van der Waals surface area contributed by atoms with Crippen LogP contribution in [-0.4, -0.2) is 44.8 Å². The summed E-state index contributed by atoms with van der Waals surface area (Å²) in [7, 11) is -3.24. The van der Waals surface area contributed by atoms with Crippen molar-refractivity contribution in [1.29, 1.82) is 0 Å². The largest absolute Gasteiger partial charge is 0.240 e. The molecule has 2 atom stereocenters. The fourth-order valence-corrected chi connectivity index (χ4v) is 6.00. The minimum atomic E-state index is -3.24. The van der Waals surface area contributed by atoms with E-state index in [1.165, 1.54) is 30.6 Å². The summed E-state index contributed by atoms with van der Waals surface area (Å²) in [6.07, 6.45) is 8.33. The number of fused-ring (bicyclic) bond motifs is 5. The van der Waals surface area contributed by atoms with E-state index >= 15 is 0 Å². The molecular weight excluding hydrogens is 486 g/mol. The van der Waals surface area contributed by atoms with Crippen LogP contribution in [0.2, 0.25) is 0 Å². The standard InChI is InChI=1S/C25H20F2N6O2S/c1-36(34,35)13-21-29-11-15(12-30-21)24-28-8-6-20(31-24)25-7-5-14(10-25)16-9-19(32-33-23(16)25)22-17(26)3-2-4-18(22)27/h2-4,6,8-9,11-12,14H,5,7,10,13H2,1H3/t14?,25-/m0/s1. The molecule has 36 heavy (non-hydrogen) atoms. The summed E-state index contributed by atoms with van der Waals surface area (Å²) in [5.74, 6) is -0.771. The highest BCUT2D eigenvalue weighted by atomic mass is 32.2. The molecule has 11 heteroatoms. The van der Waals surface area contributed by atoms with Gasteiger partial charge in [-0.1, -0.05) is 6.07 Å². The van der Waals surface area contributed by atoms with Crippen molar-refractivity contribution >= 4 is 9.84 Å². The van der Waals surface area contributed by atoms with Crippen molar-refractivity contribution in [2.45, 2.75) is 36.3 Å². The zero-order valence-corrected chi connectivity index (χ0v) is 20.0. The molecule has 0 N–H and O–H groups in total. The van der Waals surface area contributed by atoms with Crippen LogP contribution in [0.15, 0.2) is 48.9 Å². The Bertz CT molecular complexity index is 1590. The quantitative estimate of drug-likeness (QED) is 0.402. The number of benzene rings is 1. The Balaban J connectivity index is 1.37. The number of nitrogens with zero attached hydrogens (tertiary/aromatic N) is 6. The average molecular weight is 507 g/mol. The van der Waals surface area contributed by atoms with E-state index in [1.54, 1.807) is 12.3 Å². The van der Waals surface area contributed by atoms with Crippen molar-refractivity contribution in [1.82, 2.24) is 30.1 Å². The number of rotatable bonds is 5. The van der Waals surface area contributed by atoms with E-state index in [2.05, 4.69) is 25.1 Å². The second kappa shape index (κ2) is 8.16. The van der Waals surface area contributed by atoms with E-state index in [-0.39, 0.29) is 28.8 Å². The van der Waals surface area contributed by atoms with Gasteiger partial charge in [0, 0.05) is 24.8 Å². The van der Waals surface area contributed by atoms with Crippen LogP contribution in [0.1, 0.15) is 48.0 Å². The van der Waals surface area contributed by atoms with Gasteiger partial charge in [0.25, 0.3) is 0 Å². The topological polar surface area (TPSA) is 111 Å². The summed E-state index contributed by atoms with van der Waals surface area (Å²) < 4.78 is 51.7. The van der Waals surface area contributed by atoms with E-state index in [9.17, 15) is 17.2 Å². The summed E-state index contributed by atoms with van der Waals surface area (Å²) >= 11 is 0. The first-order valence-corrected chi connectivity index (χ1v) is 13.4. The number of halogens is 2. The molecule has 1 fully saturated rings. The smallest absolute Gasteiger partial charge is 0.162 e. The molecule has 1 saturated carbocycles. The van der Waals surface area contributed by atoms with Gasteiger partial charge in [0.15, 0.2) is 15.7 Å². The van der Waals surface area contributed by atoms with Crippen LogP contribution in [0.5, 0.6) is 0 Å². The molecule has 0 spiro atoms. The fourth-order valence-electron chi connectivity index (χ4n) is 5.38. The summed E-state index contributed by atoms with van der Waals surface area (Å²) in [5.41, 5.74) is 2.62. The first kappa shape index (κ1) is 22.7. The van der Waals surface area contributed by atoms with Crippen molar-refractivity contribution in [3.8, 4) is 22.6 Å². The average Bonchev–Trinajstić information content (AvgIpc) is 3.43. The van der Waals surface area contributed by atoms with Gasteiger partial charge in [-0.3, -0.25) is 0 Å². The summed E-state index contributed by atoms with van der Waals surface area (Å²) in [6, 6.07) is 7.35. The monoisotopic (exact) mass is 506 g/mol. The molecule has 4 aromatic rings. The van der Waals surface area contributed by atoms with Crippen molar-refractivity contribution in [2.75, 3.05) is 6.26 Å². The lowest BCUT2D eigenvalue weighted by molar-refractivity contribution is 0.509. The highest BCUT2D eigenvalue weighted by Crippen LogP contribution is 2.59. The van der Waals surface area contributed by atoms with Gasteiger partial charge < -0.3 is 0 Å². The van der Waals surface area contributed by atoms with Gasteiger partial charge in [-0.15, -0.1) is 5.10 Å². The molecule has 1 aromatic carbocycles. The minimum Gasteiger partial charge on any atom is -0.240 e. The van der Waals surface area contributed by atoms with Gasteiger partial charge in [-0.2, -0.15) is 5.10 Å². The highest BCUT2D eigenvalue weighted by molar-refractivity contribution is 7.89. The van der Waals surface area contributed by atoms with Crippen molar-refractivity contribution in [2.24, 2.45) is 0 Å². The van der Waals surface area contributed by atoms with Gasteiger partial charge in [0.05, 0.1) is 33.6 Å². The van der Waals surface area contributed by atoms with Crippen LogP contribution in [0, 0.1) is 11.6 Å². The van der Waals surface area contributed by atoms with Crippen molar-refractivity contribution < 1.29 is 17.2 Å². The van der Waals surface area contributed by atoms with E-state index in [0.29, 0.717) is 11.4 Å². The maximum Gasteiger partial charge on any atom is 0.162 e. The van der Waals surface area contributed by atoms with E-state index in [0.717, 1.165) is 42.5 Å². The molecule has 1 unspecified atom stereocenters. The Kier molecular flexibility index (Phi) is 5.15. The molecular formula is C25H20F2N6O2S. The Morgan fingerprint density at radius 1 is 1.06 bits per heavy atom. The Morgan fingerprint density at radius 2 is 1.81 bits per heavy atom. The Hall–Kier alpha value is -3.73. The normalized spacial score (nSPS) is 20.5. The molecule has 3 aromatic heterocycles. The van der Waals surface area contributed by atoms with Crippen LogP contribution in [0.4, 0.5) is 8.78 Å². The molecule has 0 saturated heterocycles. The van der Waals surface area contributed by atoms with E-state index in [4.69, 9.17) is 4.98 Å². The van der Waals surface area contributed by atoms with Crippen molar-refractivity contribution in [3.63, 3.8) is 0 Å². The van der Waals surface area contributed by atoms with Crippen molar-refractivity contribution in [3.05, 3.63) is 83.3 Å². The van der Waals surface area contributed by atoms with E-state index in [1.807, 2.05) is 6.07 Å². The fraction of sp³-hybridized carbons (Fsp3) is 0.280. The van der Waals surface area contributed by atoms with Gasteiger partial charge in [0.2, 0.25) is 0 Å². The maximum atomic E-state index is 14.4. The summed E-state index contributed by atoms with van der Waals surface area (Å²) in [5, 5.41) is 8.68. The molecule has 2 aliphatic carbocycles. The second-order valence-corrected chi connectivity index (χ2v) is 11.5. The number of sulfone groups is 1. The molecule has 8 nitrogen and oxygen atoms in total. The highest BCUT2D eigenvalue weighted by Gasteiger charge is 2.53. The number of hydrogen-bond acceptors (Lipinski definition) is 8. The predicted molar refractivity (Wildman–Crippen MR) is 126 cm³/mol. The van der Waals surface area contributed by atoms with E-state index < -0.39 is 26.9 Å². The molecule has 182 valence electrons. The third kappa shape index (κ3) is 3.74. The second-order valence-electron chi connectivity index (χ2n) is 9.38. The maximum absolute atomic E-state index is 14.4. The Morgan fingerprint density at radius 3 is 2.53 bits per heavy atom. The predicted octanol–water partition coefficient (Wildman–Crippen LogP) is 3.78. The molecule has 3 heterocycles. The molecule has 2 bridgehead atoms. The SMILES string of the molecule is CS(=O)(=O)Cc1ncc(-c2nccc([C@]34CCC(C3)c3cc(-c5c(F)cccc5F)nnc34)n2)cn1. The lowest BCUT2D eigenvalue weighted by Crippen LogP contribution is -2.26. The first-order chi connectivity index (χ1) is 17.2. The molecule has 2 aliphatic rings. The van der Waals surface area contributed by atoms with Gasteiger partial charge in [-0.25, -0.2) is 37.1 Å². The zero-order valence-electron chi connectivity index (χ0n) is 19.2. The zero-order chi connectivity index (χ0) is 25.1. The van der Waals surface area contributed by atoms with Crippen LogP contribution in [-0.2, 0) is 21.0 Å². The van der Waals surface area contributed by atoms with Gasteiger partial charge in [0.1, 0.15) is 23.2 Å². The molecule has 0 radical (unpaired) electrons. The molecule has 6 rings (SSSR count). The van der Waals surface area contributed by atoms with Crippen LogP contribution in [0.3, 0.4) is 0 Å². The summed E-state index contributed by atoms with van der Waals surface area (Å²) in [4.78, 5) is 17.5. The molecule has 0 aliphatic heterocycles. The lowest BCUT2D eigenvalue weighted by Gasteiger charge is -2.27. The number of hydrogen-bond donors (Lipinski definition) is 0. The van der Waals surface area contributed by atoms with Crippen LogP contribution >= 0.6 is 0 Å².